The van der Waals surface area contributed by atoms with Gasteiger partial charge in [0, 0.05) is 39.8 Å². The quantitative estimate of drug-likeness (QED) is 0.183. The van der Waals surface area contributed by atoms with Crippen molar-refractivity contribution in [3.8, 4) is 0 Å². The maximum atomic E-state index is 12.3. The van der Waals surface area contributed by atoms with Crippen molar-refractivity contribution >= 4 is 23.3 Å². The summed E-state index contributed by atoms with van der Waals surface area (Å²) >= 11 is 0. The van der Waals surface area contributed by atoms with Crippen molar-refractivity contribution in [1.29, 1.82) is 0 Å². The van der Waals surface area contributed by atoms with Gasteiger partial charge in [-0.25, -0.2) is 10.8 Å². The molecule has 0 fully saturated rings. The van der Waals surface area contributed by atoms with Crippen molar-refractivity contribution < 1.29 is 19.1 Å². The van der Waals surface area contributed by atoms with Crippen molar-refractivity contribution in [3.05, 3.63) is 59.8 Å². The van der Waals surface area contributed by atoms with Gasteiger partial charge in [-0.2, -0.15) is 0 Å². The number of pyridine rings is 1. The molecule has 10 heteroatoms. The van der Waals surface area contributed by atoms with Gasteiger partial charge in [-0.15, -0.1) is 0 Å². The second-order valence-corrected chi connectivity index (χ2v) is 7.72. The minimum Gasteiger partial charge on any atom is -0.389 e. The zero-order valence-electron chi connectivity index (χ0n) is 20.9. The molecule has 1 heterocycles. The Morgan fingerprint density at radius 3 is 2.63 bits per heavy atom. The van der Waals surface area contributed by atoms with Gasteiger partial charge in [0.1, 0.15) is 5.82 Å². The SMILES string of the molecule is CCOC(CCCC(=O)Nc1cccc(CO/N=C(\C(=N\C)N(C)N)c2ccccc2)n1)COC. The number of aliphatic imine (C=N–C) groups is 1. The number of nitrogens with zero attached hydrogens (tertiary/aromatic N) is 4. The molecule has 190 valence electrons. The molecular formula is C25H36N6O4. The number of hydrogen-bond donors (Lipinski definition) is 2. The van der Waals surface area contributed by atoms with Crippen LogP contribution < -0.4 is 11.2 Å². The maximum Gasteiger partial charge on any atom is 0.225 e. The van der Waals surface area contributed by atoms with Gasteiger partial charge in [-0.05, 0) is 31.9 Å². The van der Waals surface area contributed by atoms with Crippen LogP contribution in [-0.2, 0) is 25.7 Å². The minimum atomic E-state index is -0.109. The van der Waals surface area contributed by atoms with Crippen molar-refractivity contribution in [1.82, 2.24) is 9.99 Å². The molecule has 0 radical (unpaired) electrons. The predicted octanol–water partition coefficient (Wildman–Crippen LogP) is 3.00. The number of carbonyl (C=O) groups is 1. The number of nitrogens with one attached hydrogen (secondary N) is 1. The van der Waals surface area contributed by atoms with Crippen LogP contribution in [0.2, 0.25) is 0 Å². The number of hydrazine groups is 1. The number of aromatic nitrogens is 1. The van der Waals surface area contributed by atoms with E-state index in [-0.39, 0.29) is 18.6 Å². The van der Waals surface area contributed by atoms with Crippen molar-refractivity contribution in [2.24, 2.45) is 16.0 Å². The lowest BCUT2D eigenvalue weighted by Gasteiger charge is -2.16. The maximum absolute atomic E-state index is 12.3. The number of carbonyl (C=O) groups excluding carboxylic acids is 1. The van der Waals surface area contributed by atoms with E-state index in [0.29, 0.717) is 49.1 Å². The standard InChI is InChI=1S/C25H36N6O4/c1-5-34-21(18-33-4)14-10-16-23(32)29-22-15-9-13-20(28-22)17-35-30-24(25(27-2)31(3)26)19-11-7-6-8-12-19/h6-9,11-13,15,21H,5,10,14,16-18,26H2,1-4H3,(H,28,29,32)/b27-25-,30-24-. The molecule has 0 aliphatic heterocycles. The molecule has 0 aliphatic rings. The number of methoxy groups -OCH3 is 1. The van der Waals surface area contributed by atoms with E-state index in [0.717, 1.165) is 12.0 Å². The Bertz CT molecular complexity index is 959. The molecule has 0 bridgehead atoms. The molecule has 0 spiro atoms. The molecule has 0 aliphatic carbocycles. The van der Waals surface area contributed by atoms with E-state index >= 15 is 0 Å². The number of likely N-dealkylation sites (N-methyl/N-ethyl adjacent to an activating group) is 1. The summed E-state index contributed by atoms with van der Waals surface area (Å²) in [7, 11) is 4.96. The number of amidine groups is 1. The summed E-state index contributed by atoms with van der Waals surface area (Å²) in [5.74, 6) is 6.74. The second-order valence-electron chi connectivity index (χ2n) is 7.72. The topological polar surface area (TPSA) is 124 Å². The van der Waals surface area contributed by atoms with Gasteiger partial charge in [0.2, 0.25) is 5.91 Å². The van der Waals surface area contributed by atoms with Crippen molar-refractivity contribution in [2.75, 3.05) is 39.7 Å². The molecule has 1 unspecified atom stereocenters. The van der Waals surface area contributed by atoms with Crippen molar-refractivity contribution in [2.45, 2.75) is 38.9 Å². The summed E-state index contributed by atoms with van der Waals surface area (Å²) in [5.41, 5.74) is 1.93. The van der Waals surface area contributed by atoms with Gasteiger partial charge in [-0.3, -0.25) is 14.8 Å². The number of anilines is 1. The van der Waals surface area contributed by atoms with Gasteiger partial charge < -0.3 is 19.6 Å². The third-order valence-corrected chi connectivity index (χ3v) is 4.93. The number of hydrogen-bond acceptors (Lipinski definition) is 8. The Morgan fingerprint density at radius 2 is 1.97 bits per heavy atom. The molecule has 3 N–H and O–H groups in total. The van der Waals surface area contributed by atoms with Crippen LogP contribution in [0.1, 0.15) is 37.4 Å². The highest BCUT2D eigenvalue weighted by Crippen LogP contribution is 2.11. The largest absolute Gasteiger partial charge is 0.389 e. The monoisotopic (exact) mass is 484 g/mol. The van der Waals surface area contributed by atoms with E-state index in [1.165, 1.54) is 5.01 Å². The van der Waals surface area contributed by atoms with Crippen LogP contribution in [0.25, 0.3) is 0 Å². The highest BCUT2D eigenvalue weighted by atomic mass is 16.6. The first-order chi connectivity index (χ1) is 17.0. The van der Waals surface area contributed by atoms with Crippen LogP contribution in [0.4, 0.5) is 5.82 Å². The first-order valence-electron chi connectivity index (χ1n) is 11.6. The van der Waals surface area contributed by atoms with Crippen LogP contribution in [0.3, 0.4) is 0 Å². The van der Waals surface area contributed by atoms with E-state index < -0.39 is 0 Å². The molecule has 1 aromatic heterocycles. The number of benzene rings is 1. The third kappa shape index (κ3) is 9.81. The highest BCUT2D eigenvalue weighted by Gasteiger charge is 2.15. The second kappa shape index (κ2) is 15.5. The molecule has 1 aromatic carbocycles. The predicted molar refractivity (Wildman–Crippen MR) is 137 cm³/mol. The minimum absolute atomic E-state index is 0.00457. The van der Waals surface area contributed by atoms with Gasteiger partial charge in [0.15, 0.2) is 18.2 Å². The molecule has 1 atom stereocenters. The van der Waals surface area contributed by atoms with Gasteiger partial charge >= 0.3 is 0 Å². The van der Waals surface area contributed by atoms with Gasteiger partial charge in [0.05, 0.1) is 18.4 Å². The Kier molecular flexibility index (Phi) is 12.4. The summed E-state index contributed by atoms with van der Waals surface area (Å²) in [6.07, 6.45) is 1.80. The molecule has 10 nitrogen and oxygen atoms in total. The smallest absolute Gasteiger partial charge is 0.225 e. The average Bonchev–Trinajstić information content (AvgIpc) is 2.84. The molecule has 2 aromatic rings. The Hall–Kier alpha value is -3.34. The third-order valence-electron chi connectivity index (χ3n) is 4.93. The molecular weight excluding hydrogens is 448 g/mol. The van der Waals surface area contributed by atoms with Crippen LogP contribution in [0.15, 0.2) is 58.7 Å². The number of ether oxygens (including phenoxy) is 2. The number of rotatable bonds is 14. The van der Waals surface area contributed by atoms with E-state index in [4.69, 9.17) is 20.2 Å². The Labute approximate surface area is 207 Å². The summed E-state index contributed by atoms with van der Waals surface area (Å²) < 4.78 is 10.8. The normalized spacial score (nSPS) is 12.8. The first kappa shape index (κ1) is 27.9. The van der Waals surface area contributed by atoms with E-state index in [9.17, 15) is 4.79 Å². The van der Waals surface area contributed by atoms with Crippen LogP contribution in [-0.4, -0.2) is 68.0 Å². The van der Waals surface area contributed by atoms with Crippen LogP contribution in [0, 0.1) is 0 Å². The van der Waals surface area contributed by atoms with Gasteiger partial charge in [-0.1, -0.05) is 41.6 Å². The fourth-order valence-electron chi connectivity index (χ4n) is 3.37. The van der Waals surface area contributed by atoms with Gasteiger partial charge in [0.25, 0.3) is 0 Å². The zero-order chi connectivity index (χ0) is 25.5. The van der Waals surface area contributed by atoms with E-state index in [1.807, 2.05) is 37.3 Å². The Balaban J connectivity index is 1.96. The molecule has 35 heavy (non-hydrogen) atoms. The number of amides is 1. The fourth-order valence-corrected chi connectivity index (χ4v) is 3.37. The number of nitrogens with two attached hydrogens (primary N) is 1. The summed E-state index contributed by atoms with van der Waals surface area (Å²) in [6.45, 7) is 3.18. The zero-order valence-corrected chi connectivity index (χ0v) is 20.9. The molecule has 0 saturated carbocycles. The summed E-state index contributed by atoms with van der Waals surface area (Å²) in [4.78, 5) is 26.6. The Morgan fingerprint density at radius 1 is 1.20 bits per heavy atom. The molecule has 0 saturated heterocycles. The fraction of sp³-hybridized carbons (Fsp3) is 0.440. The first-order valence-corrected chi connectivity index (χ1v) is 11.6. The average molecular weight is 485 g/mol. The van der Waals surface area contributed by atoms with Crippen LogP contribution in [0.5, 0.6) is 0 Å². The lowest BCUT2D eigenvalue weighted by atomic mass is 10.1. The highest BCUT2D eigenvalue weighted by molar-refractivity contribution is 6.47. The van der Waals surface area contributed by atoms with Crippen molar-refractivity contribution in [3.63, 3.8) is 0 Å². The summed E-state index contributed by atoms with van der Waals surface area (Å²) in [5, 5.41) is 8.49. The van der Waals surface area contributed by atoms with E-state index in [2.05, 4.69) is 20.4 Å². The number of oxime groups is 1. The summed E-state index contributed by atoms with van der Waals surface area (Å²) in [6, 6.07) is 14.9. The molecule has 2 rings (SSSR count). The lowest BCUT2D eigenvalue weighted by Crippen LogP contribution is -2.39. The van der Waals surface area contributed by atoms with E-state index in [1.54, 1.807) is 39.4 Å². The lowest BCUT2D eigenvalue weighted by molar-refractivity contribution is -0.116. The van der Waals surface area contributed by atoms with Crippen LogP contribution >= 0.6 is 0 Å². The molecule has 1 amide bonds.